The maximum atomic E-state index is 12.1. The molecule has 26 heavy (non-hydrogen) atoms. The number of anilines is 1. The van der Waals surface area contributed by atoms with Crippen LogP contribution in [0.3, 0.4) is 0 Å². The first-order valence-electron chi connectivity index (χ1n) is 8.20. The molecule has 132 valence electrons. The molecular weight excluding hydrogens is 334 g/mol. The molecule has 7 heteroatoms. The Balaban J connectivity index is 1.36. The Morgan fingerprint density at radius 3 is 2.81 bits per heavy atom. The molecule has 7 nitrogen and oxygen atoms in total. The normalized spacial score (nSPS) is 12.5. The number of nitrogens with zero attached hydrogens (tertiary/aromatic N) is 1. The number of hydrogen-bond donors (Lipinski definition) is 2. The molecule has 1 aliphatic rings. The van der Waals surface area contributed by atoms with Gasteiger partial charge in [-0.2, -0.15) is 0 Å². The van der Waals surface area contributed by atoms with Gasteiger partial charge in [0.25, 0.3) is 0 Å². The standard InChI is InChI=1S/C19H17N3O4/c23-19(22-15-3-4-17-18(9-15)26-7-6-25-17)21-11-13-8-14(12-20-10-13)16-2-1-5-24-16/h1-5,8-10,12H,6-7,11H2,(H2,21,22,23). The van der Waals surface area contributed by atoms with Crippen molar-refractivity contribution >= 4 is 11.7 Å². The first-order chi connectivity index (χ1) is 12.8. The summed E-state index contributed by atoms with van der Waals surface area (Å²) in [5.41, 5.74) is 2.37. The fourth-order valence-electron chi connectivity index (χ4n) is 2.64. The molecule has 1 aromatic carbocycles. The first-order valence-corrected chi connectivity index (χ1v) is 8.20. The Bertz CT molecular complexity index is 909. The van der Waals surface area contributed by atoms with Gasteiger partial charge in [-0.3, -0.25) is 4.98 Å². The van der Waals surface area contributed by atoms with Gasteiger partial charge >= 0.3 is 6.03 Å². The number of aromatic nitrogens is 1. The van der Waals surface area contributed by atoms with Crippen molar-refractivity contribution in [3.8, 4) is 22.8 Å². The summed E-state index contributed by atoms with van der Waals surface area (Å²) in [4.78, 5) is 16.3. The van der Waals surface area contributed by atoms with Crippen molar-refractivity contribution in [1.29, 1.82) is 0 Å². The van der Waals surface area contributed by atoms with E-state index >= 15 is 0 Å². The van der Waals surface area contributed by atoms with Gasteiger partial charge in [0.2, 0.25) is 0 Å². The molecule has 4 rings (SSSR count). The molecule has 0 saturated carbocycles. The van der Waals surface area contributed by atoms with Crippen molar-refractivity contribution < 1.29 is 18.7 Å². The lowest BCUT2D eigenvalue weighted by Crippen LogP contribution is -2.28. The Hall–Kier alpha value is -3.48. The van der Waals surface area contributed by atoms with E-state index in [-0.39, 0.29) is 6.03 Å². The monoisotopic (exact) mass is 351 g/mol. The van der Waals surface area contributed by atoms with E-state index in [4.69, 9.17) is 13.9 Å². The van der Waals surface area contributed by atoms with Gasteiger partial charge in [0.1, 0.15) is 19.0 Å². The maximum absolute atomic E-state index is 12.1. The molecule has 0 unspecified atom stereocenters. The van der Waals surface area contributed by atoms with Gasteiger partial charge in [0, 0.05) is 36.3 Å². The SMILES string of the molecule is O=C(NCc1cncc(-c2ccco2)c1)Nc1ccc2c(c1)OCCO2. The summed E-state index contributed by atoms with van der Waals surface area (Å²) in [5.74, 6) is 2.05. The van der Waals surface area contributed by atoms with Crippen molar-refractivity contribution in [2.24, 2.45) is 0 Å². The van der Waals surface area contributed by atoms with Crippen LogP contribution in [0.2, 0.25) is 0 Å². The van der Waals surface area contributed by atoms with Crippen molar-refractivity contribution in [2.45, 2.75) is 6.54 Å². The Labute approximate surface area is 150 Å². The van der Waals surface area contributed by atoms with Crippen LogP contribution in [-0.2, 0) is 6.54 Å². The third-order valence-corrected chi connectivity index (χ3v) is 3.85. The van der Waals surface area contributed by atoms with E-state index in [1.165, 1.54) is 0 Å². The van der Waals surface area contributed by atoms with Crippen molar-refractivity contribution in [2.75, 3.05) is 18.5 Å². The van der Waals surface area contributed by atoms with Crippen LogP contribution in [0.4, 0.5) is 10.5 Å². The summed E-state index contributed by atoms with van der Waals surface area (Å²) < 4.78 is 16.3. The van der Waals surface area contributed by atoms with Gasteiger partial charge in [0.15, 0.2) is 11.5 Å². The smallest absolute Gasteiger partial charge is 0.319 e. The van der Waals surface area contributed by atoms with Gasteiger partial charge in [-0.25, -0.2) is 4.79 Å². The number of amides is 2. The van der Waals surface area contributed by atoms with E-state index in [1.807, 2.05) is 18.2 Å². The zero-order chi connectivity index (χ0) is 17.8. The van der Waals surface area contributed by atoms with Crippen LogP contribution in [0, 0.1) is 0 Å². The number of urea groups is 1. The number of carbonyl (C=O) groups excluding carboxylic acids is 1. The minimum absolute atomic E-state index is 0.315. The molecule has 0 fully saturated rings. The topological polar surface area (TPSA) is 85.6 Å². The van der Waals surface area contributed by atoms with E-state index in [0.29, 0.717) is 36.9 Å². The fourth-order valence-corrected chi connectivity index (χ4v) is 2.64. The van der Waals surface area contributed by atoms with Crippen molar-refractivity contribution in [3.63, 3.8) is 0 Å². The predicted octanol–water partition coefficient (Wildman–Crippen LogP) is 3.43. The molecule has 3 heterocycles. The Morgan fingerprint density at radius 1 is 1.08 bits per heavy atom. The quantitative estimate of drug-likeness (QED) is 0.752. The number of rotatable bonds is 4. The molecule has 2 amide bonds. The molecule has 2 N–H and O–H groups in total. The highest BCUT2D eigenvalue weighted by atomic mass is 16.6. The summed E-state index contributed by atoms with van der Waals surface area (Å²) >= 11 is 0. The van der Waals surface area contributed by atoms with Gasteiger partial charge in [-0.05, 0) is 35.9 Å². The number of hydrogen-bond acceptors (Lipinski definition) is 5. The summed E-state index contributed by atoms with van der Waals surface area (Å²) in [7, 11) is 0. The number of benzene rings is 1. The van der Waals surface area contributed by atoms with Gasteiger partial charge in [-0.1, -0.05) is 0 Å². The molecule has 0 saturated heterocycles. The van der Waals surface area contributed by atoms with Crippen LogP contribution >= 0.6 is 0 Å². The third kappa shape index (κ3) is 3.61. The first kappa shape index (κ1) is 16.0. The molecule has 3 aromatic rings. The summed E-state index contributed by atoms with van der Waals surface area (Å²) in [5, 5.41) is 5.59. The Kier molecular flexibility index (Phi) is 4.42. The summed E-state index contributed by atoms with van der Waals surface area (Å²) in [6.45, 7) is 1.38. The van der Waals surface area contributed by atoms with Crippen LogP contribution in [0.25, 0.3) is 11.3 Å². The predicted molar refractivity (Wildman–Crippen MR) is 95.2 cm³/mol. The lowest BCUT2D eigenvalue weighted by molar-refractivity contribution is 0.171. The van der Waals surface area contributed by atoms with E-state index in [1.54, 1.807) is 36.9 Å². The van der Waals surface area contributed by atoms with E-state index in [2.05, 4.69) is 15.6 Å². The largest absolute Gasteiger partial charge is 0.486 e. The van der Waals surface area contributed by atoms with Crippen LogP contribution in [-0.4, -0.2) is 24.2 Å². The lowest BCUT2D eigenvalue weighted by atomic mass is 10.1. The highest BCUT2D eigenvalue weighted by Gasteiger charge is 2.12. The van der Waals surface area contributed by atoms with E-state index < -0.39 is 0 Å². The zero-order valence-corrected chi connectivity index (χ0v) is 13.9. The second-order valence-corrected chi connectivity index (χ2v) is 5.73. The average Bonchev–Trinajstić information content (AvgIpc) is 3.21. The second-order valence-electron chi connectivity index (χ2n) is 5.73. The number of nitrogens with one attached hydrogen (secondary N) is 2. The highest BCUT2D eigenvalue weighted by Crippen LogP contribution is 2.32. The number of pyridine rings is 1. The molecule has 0 atom stereocenters. The van der Waals surface area contributed by atoms with E-state index in [9.17, 15) is 4.79 Å². The minimum atomic E-state index is -0.315. The summed E-state index contributed by atoms with van der Waals surface area (Å²) in [6.07, 6.45) is 5.04. The van der Waals surface area contributed by atoms with Crippen molar-refractivity contribution in [1.82, 2.24) is 10.3 Å². The number of ether oxygens (including phenoxy) is 2. The van der Waals surface area contributed by atoms with Crippen LogP contribution in [0.15, 0.2) is 59.5 Å². The molecule has 1 aliphatic heterocycles. The molecule has 0 aliphatic carbocycles. The van der Waals surface area contributed by atoms with Crippen LogP contribution in [0.5, 0.6) is 11.5 Å². The molecule has 0 bridgehead atoms. The molecule has 0 spiro atoms. The lowest BCUT2D eigenvalue weighted by Gasteiger charge is -2.19. The molecule has 2 aromatic heterocycles. The zero-order valence-electron chi connectivity index (χ0n) is 13.9. The number of furan rings is 1. The second kappa shape index (κ2) is 7.18. The van der Waals surface area contributed by atoms with Gasteiger partial charge in [-0.15, -0.1) is 0 Å². The minimum Gasteiger partial charge on any atom is -0.486 e. The third-order valence-electron chi connectivity index (χ3n) is 3.85. The summed E-state index contributed by atoms with van der Waals surface area (Å²) in [6, 6.07) is 10.6. The fraction of sp³-hybridized carbons (Fsp3) is 0.158. The number of fused-ring (bicyclic) bond motifs is 1. The highest BCUT2D eigenvalue weighted by molar-refractivity contribution is 5.89. The van der Waals surface area contributed by atoms with Gasteiger partial charge < -0.3 is 24.5 Å². The molecule has 0 radical (unpaired) electrons. The average molecular weight is 351 g/mol. The van der Waals surface area contributed by atoms with Gasteiger partial charge in [0.05, 0.1) is 6.26 Å². The Morgan fingerprint density at radius 2 is 1.96 bits per heavy atom. The number of carbonyl (C=O) groups is 1. The maximum Gasteiger partial charge on any atom is 0.319 e. The van der Waals surface area contributed by atoms with E-state index in [0.717, 1.165) is 16.9 Å². The van der Waals surface area contributed by atoms with Crippen LogP contribution < -0.4 is 20.1 Å². The van der Waals surface area contributed by atoms with Crippen LogP contribution in [0.1, 0.15) is 5.56 Å². The molecular formula is C19H17N3O4. The van der Waals surface area contributed by atoms with Crippen molar-refractivity contribution in [3.05, 3.63) is 60.6 Å².